The van der Waals surface area contributed by atoms with Gasteiger partial charge in [-0.1, -0.05) is 78.3 Å². The lowest BCUT2D eigenvalue weighted by atomic mass is 9.74. The van der Waals surface area contributed by atoms with Crippen molar-refractivity contribution in [3.05, 3.63) is 119 Å². The standard InChI is InChI=1S/C48H58N4O/c1-30(2)17-21-42-48(47-34(8)13-12-14-35(47)9)44(22-18-31(3)4)52(50-42)37-26-36(32(5)6)27-39(28-37)53-38-19-20-41-40-15-10-11-16-43(40)51(45(41)29-38)46-25-33(7)23-24-49-46/h10-11,13,15-16,19-20,23-32,35,47H,12,14,17-18,21-22H2,1-9H3/t35-,47+/m0/s1. The van der Waals surface area contributed by atoms with Crippen molar-refractivity contribution in [2.75, 3.05) is 0 Å². The topological polar surface area (TPSA) is 44.9 Å². The fraction of sp³-hybridized carbons (Fsp3) is 0.417. The van der Waals surface area contributed by atoms with E-state index in [4.69, 9.17) is 14.8 Å². The SMILES string of the molecule is CC1=CCC[C@H](C)[C@@H]1c1c(CCC(C)C)nn(-c2cc(Oc3ccc4c5ccccc5n(-c5cc(C)ccn5)c4c3)cc(C(C)C)c2)c1CCC(C)C. The molecular formula is C48H58N4O. The highest BCUT2D eigenvalue weighted by Crippen LogP contribution is 2.43. The number of rotatable bonds is 12. The molecule has 1 aliphatic rings. The Labute approximate surface area is 317 Å². The van der Waals surface area contributed by atoms with Crippen molar-refractivity contribution >= 4 is 21.8 Å². The van der Waals surface area contributed by atoms with Gasteiger partial charge in [0.05, 0.1) is 22.4 Å². The number of pyridine rings is 1. The van der Waals surface area contributed by atoms with Crippen molar-refractivity contribution in [2.45, 2.75) is 113 Å². The van der Waals surface area contributed by atoms with E-state index in [0.29, 0.717) is 29.6 Å². The van der Waals surface area contributed by atoms with Crippen LogP contribution in [0.1, 0.15) is 121 Å². The van der Waals surface area contributed by atoms with Crippen molar-refractivity contribution in [3.8, 4) is 23.0 Å². The van der Waals surface area contributed by atoms with Crippen LogP contribution in [0.2, 0.25) is 0 Å². The minimum absolute atomic E-state index is 0.327. The van der Waals surface area contributed by atoms with Crippen LogP contribution in [0.15, 0.2) is 90.6 Å². The Balaban J connectivity index is 1.37. The quantitative estimate of drug-likeness (QED) is 0.119. The summed E-state index contributed by atoms with van der Waals surface area (Å²) < 4.78 is 11.4. The van der Waals surface area contributed by atoms with Gasteiger partial charge >= 0.3 is 0 Å². The number of nitrogens with zero attached hydrogens (tertiary/aromatic N) is 4. The Morgan fingerprint density at radius 3 is 2.28 bits per heavy atom. The van der Waals surface area contributed by atoms with Crippen LogP contribution in [0.25, 0.3) is 33.3 Å². The molecule has 276 valence electrons. The summed E-state index contributed by atoms with van der Waals surface area (Å²) in [5.74, 6) is 5.10. The van der Waals surface area contributed by atoms with Gasteiger partial charge in [0.1, 0.15) is 17.3 Å². The maximum absolute atomic E-state index is 6.87. The molecule has 0 radical (unpaired) electrons. The zero-order valence-corrected chi connectivity index (χ0v) is 33.4. The second-order valence-corrected chi connectivity index (χ2v) is 16.8. The fourth-order valence-corrected chi connectivity index (χ4v) is 8.35. The zero-order chi connectivity index (χ0) is 37.4. The third-order valence-corrected chi connectivity index (χ3v) is 11.3. The number of aryl methyl sites for hydroxylation is 2. The highest BCUT2D eigenvalue weighted by molar-refractivity contribution is 6.09. The maximum atomic E-state index is 6.87. The van der Waals surface area contributed by atoms with Crippen LogP contribution in [0.5, 0.6) is 11.5 Å². The average Bonchev–Trinajstić information content (AvgIpc) is 3.64. The van der Waals surface area contributed by atoms with Crippen molar-refractivity contribution < 1.29 is 4.74 Å². The molecule has 0 N–H and O–H groups in total. The number of ether oxygens (including phenoxy) is 1. The van der Waals surface area contributed by atoms with E-state index in [1.54, 1.807) is 0 Å². The first kappa shape index (κ1) is 36.7. The van der Waals surface area contributed by atoms with E-state index in [-0.39, 0.29) is 0 Å². The first-order valence-electron chi connectivity index (χ1n) is 20.0. The predicted octanol–water partition coefficient (Wildman–Crippen LogP) is 13.2. The second kappa shape index (κ2) is 15.4. The first-order chi connectivity index (χ1) is 25.5. The highest BCUT2D eigenvalue weighted by Gasteiger charge is 2.32. The Morgan fingerprint density at radius 2 is 1.55 bits per heavy atom. The number of benzene rings is 3. The van der Waals surface area contributed by atoms with Crippen molar-refractivity contribution in [2.24, 2.45) is 17.8 Å². The summed E-state index contributed by atoms with van der Waals surface area (Å²) in [6.07, 6.45) is 11.0. The van der Waals surface area contributed by atoms with Crippen molar-refractivity contribution in [3.63, 3.8) is 0 Å². The highest BCUT2D eigenvalue weighted by atomic mass is 16.5. The fourth-order valence-electron chi connectivity index (χ4n) is 8.35. The molecule has 3 aromatic heterocycles. The average molecular weight is 707 g/mol. The lowest BCUT2D eigenvalue weighted by Crippen LogP contribution is -2.18. The van der Waals surface area contributed by atoms with Gasteiger partial charge in [-0.05, 0) is 130 Å². The van der Waals surface area contributed by atoms with E-state index >= 15 is 0 Å². The van der Waals surface area contributed by atoms with Gasteiger partial charge in [-0.3, -0.25) is 4.57 Å². The molecule has 53 heavy (non-hydrogen) atoms. The van der Waals surface area contributed by atoms with Crippen LogP contribution in [-0.2, 0) is 12.8 Å². The molecule has 0 unspecified atom stereocenters. The molecule has 3 aromatic carbocycles. The molecule has 2 atom stereocenters. The van der Waals surface area contributed by atoms with Gasteiger partial charge in [-0.25, -0.2) is 9.67 Å². The normalized spacial score (nSPS) is 16.4. The van der Waals surface area contributed by atoms with Gasteiger partial charge in [0.2, 0.25) is 0 Å². The molecule has 1 aliphatic carbocycles. The molecule has 5 heteroatoms. The van der Waals surface area contributed by atoms with Crippen LogP contribution in [0.4, 0.5) is 0 Å². The third kappa shape index (κ3) is 7.58. The van der Waals surface area contributed by atoms with Crippen LogP contribution >= 0.6 is 0 Å². The summed E-state index contributed by atoms with van der Waals surface area (Å²) in [6.45, 7) is 20.8. The van der Waals surface area contributed by atoms with Gasteiger partial charge in [-0.2, -0.15) is 5.10 Å². The Bertz CT molecular complexity index is 2260. The second-order valence-electron chi connectivity index (χ2n) is 16.8. The number of aromatic nitrogens is 4. The van der Waals surface area contributed by atoms with Crippen LogP contribution < -0.4 is 4.74 Å². The van der Waals surface area contributed by atoms with Gasteiger partial charge in [-0.15, -0.1) is 0 Å². The lowest BCUT2D eigenvalue weighted by Gasteiger charge is -2.30. The smallest absolute Gasteiger partial charge is 0.137 e. The Hall–Kier alpha value is -4.64. The molecule has 0 spiro atoms. The molecule has 3 heterocycles. The summed E-state index contributed by atoms with van der Waals surface area (Å²) in [5.41, 5.74) is 11.4. The summed E-state index contributed by atoms with van der Waals surface area (Å²) in [4.78, 5) is 4.79. The Morgan fingerprint density at radius 1 is 0.792 bits per heavy atom. The van der Waals surface area contributed by atoms with Gasteiger partial charge in [0.15, 0.2) is 0 Å². The number of allylic oxidation sites excluding steroid dienone is 2. The summed E-state index contributed by atoms with van der Waals surface area (Å²) >= 11 is 0. The van der Waals surface area contributed by atoms with E-state index in [1.807, 2.05) is 12.3 Å². The molecule has 0 saturated heterocycles. The van der Waals surface area contributed by atoms with E-state index < -0.39 is 0 Å². The van der Waals surface area contributed by atoms with Crippen LogP contribution in [0, 0.1) is 24.7 Å². The monoisotopic (exact) mass is 706 g/mol. The largest absolute Gasteiger partial charge is 0.457 e. The summed E-state index contributed by atoms with van der Waals surface area (Å²) in [5, 5.41) is 7.95. The summed E-state index contributed by atoms with van der Waals surface area (Å²) in [7, 11) is 0. The zero-order valence-electron chi connectivity index (χ0n) is 33.4. The molecule has 6 aromatic rings. The van der Waals surface area contributed by atoms with E-state index in [1.165, 1.54) is 57.3 Å². The summed E-state index contributed by atoms with van der Waals surface area (Å²) in [6, 6.07) is 26.0. The molecule has 5 nitrogen and oxygen atoms in total. The molecule has 0 bridgehead atoms. The van der Waals surface area contributed by atoms with Gasteiger partial charge in [0.25, 0.3) is 0 Å². The molecule has 0 saturated carbocycles. The Kier molecular flexibility index (Phi) is 10.7. The first-order valence-corrected chi connectivity index (χ1v) is 20.0. The minimum Gasteiger partial charge on any atom is -0.457 e. The maximum Gasteiger partial charge on any atom is 0.137 e. The van der Waals surface area contributed by atoms with E-state index in [0.717, 1.165) is 59.7 Å². The molecule has 0 amide bonds. The number of fused-ring (bicyclic) bond motifs is 3. The van der Waals surface area contributed by atoms with E-state index in [9.17, 15) is 0 Å². The molecule has 0 fully saturated rings. The molecular weight excluding hydrogens is 649 g/mol. The predicted molar refractivity (Wildman–Crippen MR) is 222 cm³/mol. The minimum atomic E-state index is 0.327. The number of hydrogen-bond donors (Lipinski definition) is 0. The van der Waals surface area contributed by atoms with E-state index in [2.05, 4.69) is 144 Å². The number of para-hydroxylation sites is 1. The van der Waals surface area contributed by atoms with Crippen molar-refractivity contribution in [1.29, 1.82) is 0 Å². The van der Waals surface area contributed by atoms with Crippen LogP contribution in [-0.4, -0.2) is 19.3 Å². The van der Waals surface area contributed by atoms with Gasteiger partial charge < -0.3 is 4.74 Å². The number of hydrogen-bond acceptors (Lipinski definition) is 3. The molecule has 0 aliphatic heterocycles. The van der Waals surface area contributed by atoms with Crippen molar-refractivity contribution in [1.82, 2.24) is 19.3 Å². The lowest BCUT2D eigenvalue weighted by molar-refractivity contribution is 0.443. The van der Waals surface area contributed by atoms with Crippen LogP contribution in [0.3, 0.4) is 0 Å². The molecule has 7 rings (SSSR count). The third-order valence-electron chi connectivity index (χ3n) is 11.3. The van der Waals surface area contributed by atoms with Gasteiger partial charge in [0, 0.05) is 46.3 Å².